The fourth-order valence-electron chi connectivity index (χ4n) is 1.40. The van der Waals surface area contributed by atoms with Crippen LogP contribution >= 0.6 is 0 Å². The van der Waals surface area contributed by atoms with E-state index in [4.69, 9.17) is 20.9 Å². The van der Waals surface area contributed by atoms with Crippen molar-refractivity contribution in [2.45, 2.75) is 11.8 Å². The lowest BCUT2D eigenvalue weighted by Crippen LogP contribution is -2.60. The van der Waals surface area contributed by atoms with E-state index in [0.717, 1.165) is 0 Å². The molecule has 1 rings (SSSR count). The zero-order valence-corrected chi connectivity index (χ0v) is 10.8. The number of ether oxygens (including phenoxy) is 2. The van der Waals surface area contributed by atoms with Crippen molar-refractivity contribution in [3.8, 4) is 11.5 Å². The molecule has 2 atom stereocenters. The summed E-state index contributed by atoms with van der Waals surface area (Å²) in [6.45, 7) is -0.603. The molecule has 8 nitrogen and oxygen atoms in total. The van der Waals surface area contributed by atoms with Gasteiger partial charge in [-0.15, -0.1) is 0 Å². The van der Waals surface area contributed by atoms with Crippen molar-refractivity contribution in [3.63, 3.8) is 0 Å². The van der Waals surface area contributed by atoms with Gasteiger partial charge in [-0.25, -0.2) is 0 Å². The molecule has 20 heavy (non-hydrogen) atoms. The molecule has 0 fully saturated rings. The molecule has 0 saturated heterocycles. The quantitative estimate of drug-likeness (QED) is 0.348. The minimum atomic E-state index is -2.35. The fraction of sp³-hybridized carbons (Fsp3) is 0.333. The van der Waals surface area contributed by atoms with Crippen LogP contribution in [0.3, 0.4) is 0 Å². The van der Waals surface area contributed by atoms with E-state index in [1.165, 1.54) is 25.3 Å². The maximum Gasteiger partial charge on any atom is 0.250 e. The Hall–Kier alpha value is -2.16. The van der Waals surface area contributed by atoms with Gasteiger partial charge in [-0.05, 0) is 18.2 Å². The van der Waals surface area contributed by atoms with E-state index < -0.39 is 24.3 Å². The number of hydrogen-bond acceptors (Lipinski definition) is 7. The maximum absolute atomic E-state index is 10.8. The van der Waals surface area contributed by atoms with Crippen LogP contribution in [0.5, 0.6) is 11.5 Å². The van der Waals surface area contributed by atoms with Crippen molar-refractivity contribution in [1.29, 1.82) is 0 Å². The Morgan fingerprint density at radius 1 is 1.50 bits per heavy atom. The van der Waals surface area contributed by atoms with Gasteiger partial charge in [-0.2, -0.15) is 0 Å². The smallest absolute Gasteiger partial charge is 0.250 e. The van der Waals surface area contributed by atoms with Gasteiger partial charge in [0.15, 0.2) is 23.3 Å². The molecule has 0 aliphatic rings. The van der Waals surface area contributed by atoms with Crippen molar-refractivity contribution < 1.29 is 29.3 Å². The van der Waals surface area contributed by atoms with Crippen LogP contribution in [0, 0.1) is 0 Å². The van der Waals surface area contributed by atoms with Crippen molar-refractivity contribution in [2.24, 2.45) is 11.5 Å². The summed E-state index contributed by atoms with van der Waals surface area (Å²) in [7, 11) is 1.36. The van der Waals surface area contributed by atoms with E-state index in [0.29, 0.717) is 11.8 Å². The van der Waals surface area contributed by atoms with Crippen LogP contribution in [0.1, 0.15) is 10.4 Å². The van der Waals surface area contributed by atoms with Crippen LogP contribution in [-0.2, 0) is 4.79 Å². The molecule has 0 aliphatic heterocycles. The number of carbonyl (C=O) groups is 2. The third-order valence-corrected chi connectivity index (χ3v) is 2.53. The summed E-state index contributed by atoms with van der Waals surface area (Å²) in [6, 6.07) is 4.31. The number of amides is 1. The minimum Gasteiger partial charge on any atom is -0.493 e. The lowest BCUT2D eigenvalue weighted by Gasteiger charge is -2.26. The molecule has 0 saturated carbocycles. The van der Waals surface area contributed by atoms with Gasteiger partial charge in [0.05, 0.1) is 7.11 Å². The number of hydrogen-bond donors (Lipinski definition) is 4. The Morgan fingerprint density at radius 2 is 2.15 bits per heavy atom. The number of methoxy groups -OCH3 is 1. The monoisotopic (exact) mass is 284 g/mol. The van der Waals surface area contributed by atoms with Crippen LogP contribution < -0.4 is 20.9 Å². The summed E-state index contributed by atoms with van der Waals surface area (Å²) in [5.41, 5.74) is 8.20. The third kappa shape index (κ3) is 3.67. The molecule has 2 unspecified atom stereocenters. The van der Waals surface area contributed by atoms with Gasteiger partial charge in [0.2, 0.25) is 0 Å². The molecule has 110 valence electrons. The van der Waals surface area contributed by atoms with Crippen molar-refractivity contribution in [3.05, 3.63) is 23.8 Å². The van der Waals surface area contributed by atoms with Gasteiger partial charge in [0.25, 0.3) is 5.91 Å². The first-order chi connectivity index (χ1) is 9.31. The number of rotatable bonds is 7. The minimum absolute atomic E-state index is 0.179. The van der Waals surface area contributed by atoms with Gasteiger partial charge >= 0.3 is 0 Å². The highest BCUT2D eigenvalue weighted by atomic mass is 16.5. The zero-order chi connectivity index (χ0) is 15.3. The molecule has 6 N–H and O–H groups in total. The molecule has 8 heteroatoms. The summed E-state index contributed by atoms with van der Waals surface area (Å²) in [5, 5.41) is 19.0. The summed E-state index contributed by atoms with van der Waals surface area (Å²) in [4.78, 5) is 21.4. The first-order valence-corrected chi connectivity index (χ1v) is 5.56. The van der Waals surface area contributed by atoms with E-state index >= 15 is 0 Å². The topological polar surface area (TPSA) is 145 Å². The molecule has 1 amide bonds. The number of primary amides is 1. The Balaban J connectivity index is 2.84. The van der Waals surface area contributed by atoms with Crippen LogP contribution in [-0.4, -0.2) is 48.0 Å². The van der Waals surface area contributed by atoms with Crippen molar-refractivity contribution in [2.75, 3.05) is 13.7 Å². The molecule has 0 heterocycles. The van der Waals surface area contributed by atoms with E-state index in [9.17, 15) is 19.8 Å². The third-order valence-electron chi connectivity index (χ3n) is 2.53. The Morgan fingerprint density at radius 3 is 2.65 bits per heavy atom. The van der Waals surface area contributed by atoms with Crippen molar-refractivity contribution >= 4 is 12.2 Å². The fourth-order valence-corrected chi connectivity index (χ4v) is 1.40. The predicted octanol–water partition coefficient (Wildman–Crippen LogP) is -1.62. The Kier molecular flexibility index (Phi) is 5.03. The molecule has 0 bridgehead atoms. The second kappa shape index (κ2) is 6.33. The Labute approximate surface area is 114 Å². The molecule has 0 aromatic heterocycles. The zero-order valence-electron chi connectivity index (χ0n) is 10.8. The molecule has 0 aliphatic carbocycles. The van der Waals surface area contributed by atoms with Crippen LogP contribution in [0.15, 0.2) is 18.2 Å². The standard InChI is InChI=1S/C12H16N2O6/c1-19-9-4-7(5-15)2-3-8(9)20-6-12(14,18)10(16)11(13)17/h2-5,10,16,18H,6,14H2,1H3,(H2,13,17). The van der Waals surface area contributed by atoms with Gasteiger partial charge in [0, 0.05) is 5.56 Å². The number of nitrogens with two attached hydrogens (primary N) is 2. The highest BCUT2D eigenvalue weighted by Gasteiger charge is 2.36. The lowest BCUT2D eigenvalue weighted by atomic mass is 10.1. The highest BCUT2D eigenvalue weighted by molar-refractivity contribution is 5.79. The molecular weight excluding hydrogens is 268 g/mol. The molecule has 0 spiro atoms. The van der Waals surface area contributed by atoms with E-state index in [1.807, 2.05) is 0 Å². The number of aliphatic hydroxyl groups excluding tert-OH is 1. The van der Waals surface area contributed by atoms with Gasteiger partial charge in [-0.3, -0.25) is 15.3 Å². The van der Waals surface area contributed by atoms with Crippen LogP contribution in [0.25, 0.3) is 0 Å². The first-order valence-electron chi connectivity index (χ1n) is 5.56. The van der Waals surface area contributed by atoms with Crippen molar-refractivity contribution in [1.82, 2.24) is 0 Å². The van der Waals surface area contributed by atoms with E-state index in [-0.39, 0.29) is 11.5 Å². The summed E-state index contributed by atoms with van der Waals surface area (Å²) in [5.74, 6) is -0.764. The largest absolute Gasteiger partial charge is 0.493 e. The van der Waals surface area contributed by atoms with E-state index in [2.05, 4.69) is 0 Å². The molecular formula is C12H16N2O6. The molecule has 1 aromatic carbocycles. The summed E-state index contributed by atoms with van der Waals surface area (Å²) >= 11 is 0. The average molecular weight is 284 g/mol. The number of aliphatic hydroxyl groups is 2. The highest BCUT2D eigenvalue weighted by Crippen LogP contribution is 2.28. The maximum atomic E-state index is 10.8. The number of benzene rings is 1. The van der Waals surface area contributed by atoms with Gasteiger partial charge in [-0.1, -0.05) is 0 Å². The summed E-state index contributed by atoms with van der Waals surface area (Å²) in [6.07, 6.45) is -1.36. The Bertz CT molecular complexity index is 503. The van der Waals surface area contributed by atoms with Gasteiger partial charge in [0.1, 0.15) is 12.9 Å². The van der Waals surface area contributed by atoms with Gasteiger partial charge < -0.3 is 25.4 Å². The summed E-state index contributed by atoms with van der Waals surface area (Å²) < 4.78 is 10.2. The number of carbonyl (C=O) groups excluding carboxylic acids is 2. The number of aldehydes is 1. The average Bonchev–Trinajstić information content (AvgIpc) is 2.43. The molecule has 1 aromatic rings. The van der Waals surface area contributed by atoms with Crippen LogP contribution in [0.4, 0.5) is 0 Å². The second-order valence-electron chi connectivity index (χ2n) is 4.11. The second-order valence-corrected chi connectivity index (χ2v) is 4.11. The van der Waals surface area contributed by atoms with E-state index in [1.54, 1.807) is 0 Å². The molecule has 0 radical (unpaired) electrons. The first kappa shape index (κ1) is 15.9. The van der Waals surface area contributed by atoms with Crippen LogP contribution in [0.2, 0.25) is 0 Å². The SMILES string of the molecule is COc1cc(C=O)ccc1OCC(N)(O)C(O)C(N)=O. The lowest BCUT2D eigenvalue weighted by molar-refractivity contribution is -0.146. The predicted molar refractivity (Wildman–Crippen MR) is 68.2 cm³/mol. The normalized spacial score (nSPS) is 15.0.